The van der Waals surface area contributed by atoms with Gasteiger partial charge in [-0.3, -0.25) is 9.59 Å². The van der Waals surface area contributed by atoms with E-state index in [1.54, 1.807) is 24.5 Å². The summed E-state index contributed by atoms with van der Waals surface area (Å²) in [5, 5.41) is 1.76. The summed E-state index contributed by atoms with van der Waals surface area (Å²) in [6, 6.07) is 22.8. The van der Waals surface area contributed by atoms with Crippen molar-refractivity contribution in [2.75, 3.05) is 5.75 Å². The number of nitrogens with two attached hydrogens (primary N) is 1. The minimum Gasteiger partial charge on any atom is -0.457 e. The number of ketones is 1. The van der Waals surface area contributed by atoms with Crippen LogP contribution in [0.15, 0.2) is 110 Å². The number of carbonyl (C=O) groups excluding carboxylic acids is 1. The minimum absolute atomic E-state index is 0.0149. The van der Waals surface area contributed by atoms with Gasteiger partial charge < -0.3 is 14.9 Å². The van der Waals surface area contributed by atoms with Gasteiger partial charge >= 0.3 is 0 Å². The second-order valence-electron chi connectivity index (χ2n) is 13.1. The summed E-state index contributed by atoms with van der Waals surface area (Å²) in [6.07, 6.45) is 5.54. The molecule has 0 amide bonds. The Labute approximate surface area is 308 Å². The zero-order valence-electron chi connectivity index (χ0n) is 26.8. The molecular formula is C38H30BrIN4O4S. The standard InChI is InChI=1S/C25H24N4O2S.C13H6BrIO2/c1-24(2,3)10-20(30)16-5-7-22-19(9-16)25(13-32-23(26)29-25)18-8-15(4-6-21(18)31-22)17-11-27-14-28-12-17;14-7-1-3-11-9(5-7)13(16)10-6-8(15)2-4-12(10)17-11/h4-9,11-12,14H,10,13H2,1-3H3,(H2,26,29);1-6H. The molecule has 11 heteroatoms. The van der Waals surface area contributed by atoms with Gasteiger partial charge in [-0.25, -0.2) is 15.0 Å². The molecule has 0 aliphatic carbocycles. The lowest BCUT2D eigenvalue weighted by atomic mass is 9.79. The van der Waals surface area contributed by atoms with Crippen molar-refractivity contribution in [2.45, 2.75) is 32.7 Å². The number of fused-ring (bicyclic) bond motifs is 6. The number of hydrogen-bond acceptors (Lipinski definition) is 9. The Kier molecular flexibility index (Phi) is 8.87. The van der Waals surface area contributed by atoms with E-state index in [2.05, 4.69) is 75.3 Å². The van der Waals surface area contributed by atoms with Crippen LogP contribution in [0, 0.1) is 8.99 Å². The number of carbonyl (C=O) groups is 1. The summed E-state index contributed by atoms with van der Waals surface area (Å²) in [6.45, 7) is 6.20. The van der Waals surface area contributed by atoms with E-state index in [9.17, 15) is 9.59 Å². The van der Waals surface area contributed by atoms with Crippen molar-refractivity contribution in [1.29, 1.82) is 0 Å². The first-order valence-electron chi connectivity index (χ1n) is 15.5. The normalized spacial score (nSPS) is 16.4. The maximum Gasteiger partial charge on any atom is 0.200 e. The zero-order chi connectivity index (χ0) is 34.5. The maximum atomic E-state index is 13.0. The first kappa shape index (κ1) is 33.4. The summed E-state index contributed by atoms with van der Waals surface area (Å²) < 4.78 is 13.9. The average molecular weight is 846 g/mol. The molecule has 2 N–H and O–H groups in total. The van der Waals surface area contributed by atoms with Gasteiger partial charge in [0, 0.05) is 54.9 Å². The number of rotatable bonds is 3. The molecule has 0 radical (unpaired) electrons. The van der Waals surface area contributed by atoms with Crippen LogP contribution in [0.2, 0.25) is 0 Å². The van der Waals surface area contributed by atoms with Crippen LogP contribution in [0.3, 0.4) is 0 Å². The summed E-state index contributed by atoms with van der Waals surface area (Å²) in [7, 11) is 0. The average Bonchev–Trinajstić information content (AvgIpc) is 3.47. The van der Waals surface area contributed by atoms with Crippen LogP contribution in [0.25, 0.3) is 33.1 Å². The molecule has 1 atom stereocenters. The van der Waals surface area contributed by atoms with E-state index in [4.69, 9.17) is 19.9 Å². The minimum atomic E-state index is -0.707. The van der Waals surface area contributed by atoms with Gasteiger partial charge in [0.05, 0.1) is 10.8 Å². The Morgan fingerprint density at radius 2 is 1.59 bits per heavy atom. The van der Waals surface area contributed by atoms with E-state index in [1.165, 1.54) is 18.1 Å². The van der Waals surface area contributed by atoms with Crippen molar-refractivity contribution in [3.8, 4) is 22.6 Å². The number of amidine groups is 1. The van der Waals surface area contributed by atoms with E-state index < -0.39 is 5.54 Å². The van der Waals surface area contributed by atoms with Crippen LogP contribution in [0.4, 0.5) is 0 Å². The maximum absolute atomic E-state index is 13.0. The highest BCUT2D eigenvalue weighted by Crippen LogP contribution is 2.53. The molecule has 246 valence electrons. The largest absolute Gasteiger partial charge is 0.457 e. The SMILES string of the molecule is CC(C)(C)CC(=O)c1ccc2c(c1)C1(CSC(N)=N1)c1cc(-c3cncnc3)ccc1O2.O=c1c2cc(Br)ccc2oc2ccc(I)cc12. The van der Waals surface area contributed by atoms with Crippen molar-refractivity contribution in [3.05, 3.63) is 126 Å². The predicted molar refractivity (Wildman–Crippen MR) is 208 cm³/mol. The molecule has 1 unspecified atom stereocenters. The molecular weight excluding hydrogens is 815 g/mol. The smallest absolute Gasteiger partial charge is 0.200 e. The van der Waals surface area contributed by atoms with E-state index in [0.29, 0.717) is 50.6 Å². The Morgan fingerprint density at radius 1 is 0.918 bits per heavy atom. The number of thioether (sulfide) groups is 1. The highest BCUT2D eigenvalue weighted by atomic mass is 127. The number of aliphatic imine (C=N–C) groups is 1. The second-order valence-corrected chi connectivity index (χ2v) is 16.3. The Hall–Kier alpha value is -4.07. The zero-order valence-corrected chi connectivity index (χ0v) is 31.4. The highest BCUT2D eigenvalue weighted by molar-refractivity contribution is 14.1. The van der Waals surface area contributed by atoms with Crippen molar-refractivity contribution in [1.82, 2.24) is 9.97 Å². The lowest BCUT2D eigenvalue weighted by Gasteiger charge is -2.35. The molecule has 4 heterocycles. The molecule has 4 aromatic carbocycles. The van der Waals surface area contributed by atoms with Gasteiger partial charge in [-0.15, -0.1) is 0 Å². The Morgan fingerprint density at radius 3 is 2.29 bits per heavy atom. The van der Waals surface area contributed by atoms with Crippen LogP contribution in [0.5, 0.6) is 11.5 Å². The predicted octanol–water partition coefficient (Wildman–Crippen LogP) is 9.49. The van der Waals surface area contributed by atoms with Crippen LogP contribution in [-0.2, 0) is 5.54 Å². The molecule has 0 fully saturated rings. The number of hydrogen-bond donors (Lipinski definition) is 1. The van der Waals surface area contributed by atoms with Gasteiger partial charge in [0.1, 0.15) is 34.5 Å². The van der Waals surface area contributed by atoms with E-state index in [-0.39, 0.29) is 16.6 Å². The number of Topliss-reactive ketones (excluding diaryl/α,β-unsaturated/α-hetero) is 1. The molecule has 6 aromatic rings. The quantitative estimate of drug-likeness (QED) is 0.106. The van der Waals surface area contributed by atoms with Crippen molar-refractivity contribution in [2.24, 2.45) is 16.1 Å². The summed E-state index contributed by atoms with van der Waals surface area (Å²) >= 11 is 7.07. The first-order valence-corrected chi connectivity index (χ1v) is 18.3. The molecule has 8 rings (SSSR count). The molecule has 0 bridgehead atoms. The lowest BCUT2D eigenvalue weighted by Crippen LogP contribution is -2.30. The fraction of sp³-hybridized carbons (Fsp3) is 0.184. The molecule has 2 aromatic heterocycles. The molecule has 1 spiro atoms. The molecule has 0 saturated heterocycles. The third kappa shape index (κ3) is 6.63. The number of benzene rings is 4. The van der Waals surface area contributed by atoms with E-state index >= 15 is 0 Å². The van der Waals surface area contributed by atoms with E-state index in [0.717, 1.165) is 36.0 Å². The van der Waals surface area contributed by atoms with Gasteiger partial charge in [0.2, 0.25) is 5.43 Å². The fourth-order valence-electron chi connectivity index (χ4n) is 6.04. The van der Waals surface area contributed by atoms with Gasteiger partial charge in [-0.2, -0.15) is 0 Å². The number of ether oxygens (including phenoxy) is 1. The molecule has 49 heavy (non-hydrogen) atoms. The molecule has 2 aliphatic rings. The van der Waals surface area contributed by atoms with Crippen LogP contribution in [0.1, 0.15) is 48.7 Å². The van der Waals surface area contributed by atoms with Gasteiger partial charge in [-0.1, -0.05) is 54.5 Å². The Bertz CT molecular complexity index is 2310. The topological polar surface area (TPSA) is 121 Å². The monoisotopic (exact) mass is 844 g/mol. The van der Waals surface area contributed by atoms with Gasteiger partial charge in [0.25, 0.3) is 0 Å². The van der Waals surface area contributed by atoms with Crippen LogP contribution < -0.4 is 15.9 Å². The van der Waals surface area contributed by atoms with Gasteiger partial charge in [0.15, 0.2) is 11.0 Å². The summed E-state index contributed by atoms with van der Waals surface area (Å²) in [5.74, 6) is 2.21. The van der Waals surface area contributed by atoms with Crippen LogP contribution in [-0.4, -0.2) is 26.7 Å². The second kappa shape index (κ2) is 13.0. The van der Waals surface area contributed by atoms with E-state index in [1.807, 2.05) is 54.6 Å². The number of aromatic nitrogens is 2. The molecule has 2 aliphatic heterocycles. The number of nitrogens with zero attached hydrogens (tertiary/aromatic N) is 3. The lowest BCUT2D eigenvalue weighted by molar-refractivity contribution is 0.0939. The fourth-order valence-corrected chi connectivity index (χ4v) is 7.85. The van der Waals surface area contributed by atoms with Gasteiger partial charge in [-0.05, 0) is 100 Å². The number of halogens is 2. The molecule has 8 nitrogen and oxygen atoms in total. The van der Waals surface area contributed by atoms with Crippen molar-refractivity contribution >= 4 is 83.2 Å². The molecule has 0 saturated carbocycles. The van der Waals surface area contributed by atoms with Crippen LogP contribution >= 0.6 is 50.3 Å². The third-order valence-electron chi connectivity index (χ3n) is 8.30. The highest BCUT2D eigenvalue weighted by Gasteiger charge is 2.46. The summed E-state index contributed by atoms with van der Waals surface area (Å²) in [4.78, 5) is 38.5. The third-order valence-corrected chi connectivity index (χ3v) is 10.4. The summed E-state index contributed by atoms with van der Waals surface area (Å²) in [5.41, 5.74) is 11.0. The van der Waals surface area contributed by atoms with Crippen molar-refractivity contribution < 1.29 is 13.9 Å². The Balaban J connectivity index is 0.000000186. The first-order chi connectivity index (χ1) is 23.4. The van der Waals surface area contributed by atoms with Crippen molar-refractivity contribution in [3.63, 3.8) is 0 Å².